The molecule has 196 valence electrons. The first-order valence-corrected chi connectivity index (χ1v) is 14.2. The molecule has 0 spiro atoms. The molecule has 4 aromatic carbocycles. The maximum atomic E-state index is 16.1. The highest BCUT2D eigenvalue weighted by molar-refractivity contribution is 7.22. The van der Waals surface area contributed by atoms with Gasteiger partial charge in [-0.25, -0.2) is 4.39 Å². The fraction of sp³-hybridized carbons (Fsp3) is 0.111. The van der Waals surface area contributed by atoms with Crippen LogP contribution in [0.25, 0.3) is 48.7 Å². The Hall–Kier alpha value is -4.41. The van der Waals surface area contributed by atoms with Crippen molar-refractivity contribution in [2.24, 2.45) is 0 Å². The number of fused-ring (bicyclic) bond motifs is 4. The fourth-order valence-electron chi connectivity index (χ4n) is 5.89. The lowest BCUT2D eigenvalue weighted by molar-refractivity contribution is -0.420. The van der Waals surface area contributed by atoms with Crippen LogP contribution in [0.2, 0.25) is 0 Å². The van der Waals surface area contributed by atoms with Crippen molar-refractivity contribution in [1.29, 1.82) is 0 Å². The Morgan fingerprint density at radius 3 is 2.42 bits per heavy atom. The Kier molecular flexibility index (Phi) is 5.58. The average molecular weight is 542 g/mol. The van der Waals surface area contributed by atoms with E-state index in [9.17, 15) is 0 Å². The summed E-state index contributed by atoms with van der Waals surface area (Å²) in [6, 6.07) is 25.6. The summed E-state index contributed by atoms with van der Waals surface area (Å²) in [7, 11) is 0. The van der Waals surface area contributed by atoms with E-state index in [4.69, 9.17) is 4.42 Å². The first-order chi connectivity index (χ1) is 19.3. The van der Waals surface area contributed by atoms with E-state index in [1.165, 1.54) is 26.1 Å². The molecule has 0 saturated carbocycles. The van der Waals surface area contributed by atoms with E-state index in [2.05, 4.69) is 82.9 Å². The summed E-state index contributed by atoms with van der Waals surface area (Å²) in [6.07, 6.45) is 3.88. The monoisotopic (exact) mass is 541 g/mol. The number of nitrogens with zero attached hydrogens (tertiary/aromatic N) is 1. The van der Waals surface area contributed by atoms with Crippen molar-refractivity contribution in [2.45, 2.75) is 27.7 Å². The van der Waals surface area contributed by atoms with E-state index in [0.29, 0.717) is 11.3 Å². The lowest BCUT2D eigenvalue weighted by Gasteiger charge is -2.21. The van der Waals surface area contributed by atoms with Crippen molar-refractivity contribution in [2.75, 3.05) is 0 Å². The molecular formula is C36H28FNOS. The van der Waals surface area contributed by atoms with Crippen molar-refractivity contribution >= 4 is 45.2 Å². The maximum absolute atomic E-state index is 16.1. The van der Waals surface area contributed by atoms with Crippen LogP contribution < -0.4 is 0 Å². The van der Waals surface area contributed by atoms with Crippen molar-refractivity contribution in [3.05, 3.63) is 130 Å². The molecule has 0 amide bonds. The molecule has 0 unspecified atom stereocenters. The minimum atomic E-state index is -0.349. The van der Waals surface area contributed by atoms with Gasteiger partial charge in [0.1, 0.15) is 17.5 Å². The Morgan fingerprint density at radius 1 is 0.875 bits per heavy atom. The zero-order valence-electron chi connectivity index (χ0n) is 22.9. The van der Waals surface area contributed by atoms with Gasteiger partial charge in [0.05, 0.1) is 6.72 Å². The number of furan rings is 1. The lowest BCUT2D eigenvalue weighted by Crippen LogP contribution is -2.19. The molecule has 1 aliphatic heterocycles. The summed E-state index contributed by atoms with van der Waals surface area (Å²) in [5, 5.41) is 2.05. The summed E-state index contributed by atoms with van der Waals surface area (Å²) in [5.74, 6) is 0.297. The van der Waals surface area contributed by atoms with Gasteiger partial charge in [-0.3, -0.25) is 8.99 Å². The molecule has 0 aliphatic carbocycles. The normalized spacial score (nSPS) is 13.0. The SMILES string of the molecule is C=[N+]1C=Cc2c([o+][c-]3c(F)c(-c4ccc(-c5[s+][c-]6ccccc6c5C)cc4)ccc23)[C-]1c1cc(C)cc(C)c1C. The predicted molar refractivity (Wildman–Crippen MR) is 166 cm³/mol. The predicted octanol–water partition coefficient (Wildman–Crippen LogP) is 9.98. The summed E-state index contributed by atoms with van der Waals surface area (Å²) in [4.78, 5) is 1.25. The van der Waals surface area contributed by atoms with E-state index < -0.39 is 0 Å². The number of thiophene rings is 1. The van der Waals surface area contributed by atoms with E-state index in [1.54, 1.807) is 11.3 Å². The molecule has 4 heteroatoms. The van der Waals surface area contributed by atoms with Gasteiger partial charge in [-0.1, -0.05) is 84.0 Å². The van der Waals surface area contributed by atoms with Crippen LogP contribution in [0, 0.1) is 39.6 Å². The van der Waals surface area contributed by atoms with Gasteiger partial charge >= 0.3 is 11.3 Å². The highest BCUT2D eigenvalue weighted by Crippen LogP contribution is 2.43. The molecular weight excluding hydrogens is 513 g/mol. The minimum Gasteiger partial charge on any atom is -0.281 e. The Balaban J connectivity index is 1.31. The zero-order valence-corrected chi connectivity index (χ0v) is 23.7. The number of hydrogen-bond acceptors (Lipinski definition) is 0. The first kappa shape index (κ1) is 24.6. The summed E-state index contributed by atoms with van der Waals surface area (Å²) in [6.45, 7) is 12.7. The molecule has 0 N–H and O–H groups in total. The summed E-state index contributed by atoms with van der Waals surface area (Å²) >= 11 is 1.79. The molecule has 3 heterocycles. The molecule has 2 nitrogen and oxygen atoms in total. The van der Waals surface area contributed by atoms with Crippen LogP contribution in [-0.4, -0.2) is 11.3 Å². The first-order valence-electron chi connectivity index (χ1n) is 13.4. The van der Waals surface area contributed by atoms with E-state index >= 15 is 4.39 Å². The molecule has 0 atom stereocenters. The number of hydrogen-bond donors (Lipinski definition) is 0. The third kappa shape index (κ3) is 3.67. The van der Waals surface area contributed by atoms with Crippen LogP contribution in [0.5, 0.6) is 0 Å². The van der Waals surface area contributed by atoms with Crippen molar-refractivity contribution in [3.8, 4) is 21.6 Å². The molecule has 7 rings (SSSR count). The Labute approximate surface area is 237 Å². The van der Waals surface area contributed by atoms with Crippen LogP contribution in [0.3, 0.4) is 0 Å². The smallest absolute Gasteiger partial charge is 0.281 e. The molecule has 0 fully saturated rings. The fourth-order valence-corrected chi connectivity index (χ4v) is 7.11. The summed E-state index contributed by atoms with van der Waals surface area (Å²) in [5.41, 5.74) is 9.48. The molecule has 0 radical (unpaired) electrons. The van der Waals surface area contributed by atoms with Crippen LogP contribution in [-0.2, 0) is 0 Å². The number of rotatable bonds is 3. The Bertz CT molecular complexity index is 2020. The third-order valence-corrected chi connectivity index (χ3v) is 9.45. The second-order valence-corrected chi connectivity index (χ2v) is 11.7. The van der Waals surface area contributed by atoms with Gasteiger partial charge < -0.3 is 0 Å². The molecule has 1 aliphatic rings. The van der Waals surface area contributed by atoms with E-state index in [0.717, 1.165) is 44.8 Å². The minimum absolute atomic E-state index is 0.270. The van der Waals surface area contributed by atoms with Crippen molar-refractivity contribution < 1.29 is 13.4 Å². The standard InChI is InChI=1S/C36H28FNOS/c1-20-18-21(2)22(3)30(19-20)33-35-29(16-17-38(33)5)28-15-14-27(32(37)34(28)39-35)24-10-12-25(13-11-24)36-23(4)26-8-6-7-9-31(26)40-36/h6-19H,5H2,1-4H3. The van der Waals surface area contributed by atoms with Crippen molar-refractivity contribution in [1.82, 2.24) is 0 Å². The van der Waals surface area contributed by atoms with Gasteiger partial charge in [-0.15, -0.1) is 30.3 Å². The Morgan fingerprint density at radius 2 is 1.65 bits per heavy atom. The van der Waals surface area contributed by atoms with Gasteiger partial charge in [0.2, 0.25) is 6.04 Å². The number of aryl methyl sites for hydroxylation is 3. The number of halogens is 1. The largest absolute Gasteiger partial charge is 0.318 e. The third-order valence-electron chi connectivity index (χ3n) is 8.13. The van der Waals surface area contributed by atoms with Crippen molar-refractivity contribution in [3.63, 3.8) is 0 Å². The lowest BCUT2D eigenvalue weighted by atomic mass is 9.90. The molecule has 0 saturated heterocycles. The van der Waals surface area contributed by atoms with Crippen LogP contribution in [0.4, 0.5) is 4.39 Å². The van der Waals surface area contributed by atoms with Gasteiger partial charge in [0.25, 0.3) is 0 Å². The maximum Gasteiger partial charge on any atom is 0.318 e. The number of benzene rings is 4. The molecule has 40 heavy (non-hydrogen) atoms. The van der Waals surface area contributed by atoms with Gasteiger partial charge in [0, 0.05) is 5.56 Å². The molecule has 2 aromatic heterocycles. The van der Waals surface area contributed by atoms with Gasteiger partial charge in [0.15, 0.2) is 15.4 Å². The summed E-state index contributed by atoms with van der Waals surface area (Å²) < 4.78 is 25.6. The van der Waals surface area contributed by atoms with E-state index in [1.807, 2.05) is 41.1 Å². The highest BCUT2D eigenvalue weighted by Gasteiger charge is 2.36. The quantitative estimate of drug-likeness (QED) is 0.124. The highest BCUT2D eigenvalue weighted by atomic mass is 32.1. The second-order valence-electron chi connectivity index (χ2n) is 10.7. The van der Waals surface area contributed by atoms with Crippen LogP contribution >= 0.6 is 11.3 Å². The van der Waals surface area contributed by atoms with Crippen LogP contribution in [0.1, 0.15) is 39.1 Å². The van der Waals surface area contributed by atoms with Gasteiger partial charge in [-0.2, -0.15) is 0 Å². The topological polar surface area (TPSA) is 14.3 Å². The molecule has 0 bridgehead atoms. The van der Waals surface area contributed by atoms with Crippen LogP contribution in [0.15, 0.2) is 83.4 Å². The zero-order chi connectivity index (χ0) is 27.7. The molecule has 6 aromatic rings. The van der Waals surface area contributed by atoms with E-state index in [-0.39, 0.29) is 11.4 Å². The second kappa shape index (κ2) is 9.07. The average Bonchev–Trinajstić information content (AvgIpc) is 3.50. The van der Waals surface area contributed by atoms with Gasteiger partial charge in [-0.05, 0) is 47.6 Å².